The fourth-order valence-electron chi connectivity index (χ4n) is 3.61. The molecular formula is C24H29ClF3N3O5S. The van der Waals surface area contributed by atoms with E-state index < -0.39 is 51.9 Å². The largest absolute Gasteiger partial charge is 0.497 e. The van der Waals surface area contributed by atoms with Crippen LogP contribution in [0.2, 0.25) is 5.02 Å². The van der Waals surface area contributed by atoms with Crippen LogP contribution in [0.15, 0.2) is 42.5 Å². The third-order valence-corrected chi connectivity index (χ3v) is 6.92. The Bertz CT molecular complexity index is 1210. The Balaban J connectivity index is 2.53. The molecule has 0 spiro atoms. The molecule has 2 aromatic rings. The molecule has 204 valence electrons. The summed E-state index contributed by atoms with van der Waals surface area (Å²) in [6.07, 6.45) is -3.80. The van der Waals surface area contributed by atoms with Crippen LogP contribution < -0.4 is 14.4 Å². The fraction of sp³-hybridized carbons (Fsp3) is 0.417. The Kier molecular flexibility index (Phi) is 10.2. The second-order valence-electron chi connectivity index (χ2n) is 8.12. The number of ether oxygens (including phenoxy) is 1. The summed E-state index contributed by atoms with van der Waals surface area (Å²) in [6.45, 7) is 2.76. The summed E-state index contributed by atoms with van der Waals surface area (Å²) in [7, 11) is -2.77. The number of hydrogen-bond acceptors (Lipinski definition) is 5. The van der Waals surface area contributed by atoms with Crippen LogP contribution in [0.4, 0.5) is 18.9 Å². The van der Waals surface area contributed by atoms with E-state index in [-0.39, 0.29) is 18.0 Å². The van der Waals surface area contributed by atoms with Gasteiger partial charge in [0.1, 0.15) is 18.3 Å². The zero-order valence-corrected chi connectivity index (χ0v) is 22.4. The second-order valence-corrected chi connectivity index (χ2v) is 10.4. The van der Waals surface area contributed by atoms with E-state index in [4.69, 9.17) is 16.3 Å². The van der Waals surface area contributed by atoms with E-state index in [1.807, 2.05) is 0 Å². The number of likely N-dealkylation sites (N-methyl/N-ethyl adjacent to an activating group) is 1. The number of hydrogen-bond donors (Lipinski definition) is 1. The molecule has 0 radical (unpaired) electrons. The van der Waals surface area contributed by atoms with E-state index in [0.29, 0.717) is 34.3 Å². The number of halogens is 4. The number of nitrogens with zero attached hydrogens (tertiary/aromatic N) is 2. The van der Waals surface area contributed by atoms with Crippen LogP contribution in [0, 0.1) is 0 Å². The zero-order valence-electron chi connectivity index (χ0n) is 20.8. The van der Waals surface area contributed by atoms with Crippen molar-refractivity contribution in [3.63, 3.8) is 0 Å². The van der Waals surface area contributed by atoms with E-state index >= 15 is 0 Å². The molecule has 0 aliphatic rings. The molecule has 13 heteroatoms. The van der Waals surface area contributed by atoms with Crippen LogP contribution in [0.1, 0.15) is 31.4 Å². The molecule has 1 N–H and O–H groups in total. The minimum atomic E-state index is -4.77. The molecule has 8 nitrogen and oxygen atoms in total. The van der Waals surface area contributed by atoms with Gasteiger partial charge in [-0.3, -0.25) is 13.9 Å². The molecule has 0 saturated heterocycles. The minimum Gasteiger partial charge on any atom is -0.497 e. The molecule has 2 aromatic carbocycles. The third kappa shape index (κ3) is 8.00. The summed E-state index contributed by atoms with van der Waals surface area (Å²) in [5.74, 6) is -0.678. The van der Waals surface area contributed by atoms with Gasteiger partial charge in [-0.25, -0.2) is 8.42 Å². The number of alkyl halides is 3. The standard InChI is InChI=1S/C24H29ClF3N3O5S/c1-5-20(23(33)29-6-2)30(14-16-7-10-18(36-3)11-8-16)22(32)15-31(37(4,34)35)21-13-17(24(26,27)28)9-12-19(21)25/h7-13,20H,5-6,14-15H2,1-4H3,(H,29,33). The second kappa shape index (κ2) is 12.5. The summed E-state index contributed by atoms with van der Waals surface area (Å²) in [6, 6.07) is 7.93. The lowest BCUT2D eigenvalue weighted by Crippen LogP contribution is -2.52. The molecule has 0 aliphatic carbocycles. The Labute approximate surface area is 219 Å². The number of rotatable bonds is 11. The average molecular weight is 564 g/mol. The maximum Gasteiger partial charge on any atom is 0.416 e. The first-order valence-corrected chi connectivity index (χ1v) is 13.5. The van der Waals surface area contributed by atoms with Crippen LogP contribution in [-0.4, -0.2) is 57.6 Å². The highest BCUT2D eigenvalue weighted by atomic mass is 35.5. The summed E-state index contributed by atoms with van der Waals surface area (Å²) >= 11 is 6.08. The molecule has 0 heterocycles. The third-order valence-electron chi connectivity index (χ3n) is 5.47. The Morgan fingerprint density at radius 3 is 2.22 bits per heavy atom. The lowest BCUT2D eigenvalue weighted by molar-refractivity contribution is -0.140. The molecule has 2 rings (SSSR count). The van der Waals surface area contributed by atoms with Crippen molar-refractivity contribution in [2.75, 3.05) is 30.8 Å². The first-order valence-electron chi connectivity index (χ1n) is 11.3. The smallest absolute Gasteiger partial charge is 0.416 e. The number of sulfonamides is 1. The summed E-state index contributed by atoms with van der Waals surface area (Å²) in [5.41, 5.74) is -1.00. The maximum absolute atomic E-state index is 13.6. The topological polar surface area (TPSA) is 96.0 Å². The Morgan fingerprint density at radius 2 is 1.73 bits per heavy atom. The number of benzene rings is 2. The van der Waals surface area contributed by atoms with Crippen LogP contribution in [0.5, 0.6) is 5.75 Å². The van der Waals surface area contributed by atoms with Gasteiger partial charge < -0.3 is 15.0 Å². The molecule has 0 saturated carbocycles. The number of anilines is 1. The van der Waals surface area contributed by atoms with E-state index in [0.717, 1.165) is 12.3 Å². The van der Waals surface area contributed by atoms with Gasteiger partial charge in [0, 0.05) is 13.1 Å². The van der Waals surface area contributed by atoms with Gasteiger partial charge in [-0.05, 0) is 49.2 Å². The van der Waals surface area contributed by atoms with E-state index in [9.17, 15) is 31.2 Å². The predicted octanol–water partition coefficient (Wildman–Crippen LogP) is 4.08. The van der Waals surface area contributed by atoms with Gasteiger partial charge in [-0.2, -0.15) is 13.2 Å². The molecule has 0 fully saturated rings. The number of nitrogens with one attached hydrogen (secondary N) is 1. The summed E-state index contributed by atoms with van der Waals surface area (Å²) in [5, 5.41) is 2.37. The Hall–Kier alpha value is -2.99. The fourth-order valence-corrected chi connectivity index (χ4v) is 4.74. The van der Waals surface area contributed by atoms with Crippen molar-refractivity contribution in [3.05, 3.63) is 58.6 Å². The van der Waals surface area contributed by atoms with Crippen LogP contribution >= 0.6 is 11.6 Å². The SMILES string of the molecule is CCNC(=O)C(CC)N(Cc1ccc(OC)cc1)C(=O)CN(c1cc(C(F)(F)F)ccc1Cl)S(C)(=O)=O. The number of methoxy groups -OCH3 is 1. The van der Waals surface area contributed by atoms with Crippen molar-refractivity contribution < 1.29 is 35.9 Å². The molecular weight excluding hydrogens is 535 g/mol. The molecule has 1 atom stereocenters. The van der Waals surface area contributed by atoms with Crippen LogP contribution in [0.25, 0.3) is 0 Å². The number of carbonyl (C=O) groups excluding carboxylic acids is 2. The lowest BCUT2D eigenvalue weighted by atomic mass is 10.1. The van der Waals surface area contributed by atoms with Gasteiger partial charge in [0.25, 0.3) is 0 Å². The maximum atomic E-state index is 13.6. The van der Waals surface area contributed by atoms with Gasteiger partial charge in [-0.15, -0.1) is 0 Å². The van der Waals surface area contributed by atoms with Crippen molar-refractivity contribution in [1.82, 2.24) is 10.2 Å². The molecule has 0 bridgehead atoms. The van der Waals surface area contributed by atoms with E-state index in [1.54, 1.807) is 38.1 Å². The highest BCUT2D eigenvalue weighted by molar-refractivity contribution is 7.92. The van der Waals surface area contributed by atoms with Crippen molar-refractivity contribution in [1.29, 1.82) is 0 Å². The van der Waals surface area contributed by atoms with E-state index in [2.05, 4.69) is 5.32 Å². The zero-order chi connectivity index (χ0) is 28.0. The highest BCUT2D eigenvalue weighted by Gasteiger charge is 2.35. The summed E-state index contributed by atoms with van der Waals surface area (Å²) < 4.78 is 70.9. The van der Waals surface area contributed by atoms with Gasteiger partial charge in [0.05, 0.1) is 29.6 Å². The molecule has 37 heavy (non-hydrogen) atoms. The average Bonchev–Trinajstić information content (AvgIpc) is 2.82. The molecule has 2 amide bonds. The van der Waals surface area contributed by atoms with Gasteiger partial charge >= 0.3 is 6.18 Å². The molecule has 0 aromatic heterocycles. The first-order chi connectivity index (χ1) is 17.2. The van der Waals surface area contributed by atoms with Crippen LogP contribution in [0.3, 0.4) is 0 Å². The van der Waals surface area contributed by atoms with Gasteiger partial charge in [0.2, 0.25) is 21.8 Å². The molecule has 0 aliphatic heterocycles. The van der Waals surface area contributed by atoms with Crippen molar-refractivity contribution in [3.8, 4) is 5.75 Å². The normalized spacial score (nSPS) is 12.5. The number of amides is 2. The van der Waals surface area contributed by atoms with Crippen LogP contribution in [-0.2, 0) is 32.3 Å². The Morgan fingerprint density at radius 1 is 1.11 bits per heavy atom. The quantitative estimate of drug-likeness (QED) is 0.444. The van der Waals surface area contributed by atoms with Gasteiger partial charge in [0.15, 0.2) is 0 Å². The monoisotopic (exact) mass is 563 g/mol. The van der Waals surface area contributed by atoms with E-state index in [1.165, 1.54) is 12.0 Å². The highest BCUT2D eigenvalue weighted by Crippen LogP contribution is 2.36. The van der Waals surface area contributed by atoms with Crippen molar-refractivity contribution in [2.24, 2.45) is 0 Å². The molecule has 1 unspecified atom stereocenters. The number of carbonyl (C=O) groups is 2. The van der Waals surface area contributed by atoms with Gasteiger partial charge in [-0.1, -0.05) is 30.7 Å². The first kappa shape index (κ1) is 30.2. The minimum absolute atomic E-state index is 0.0631. The van der Waals surface area contributed by atoms with Crippen molar-refractivity contribution >= 4 is 39.1 Å². The lowest BCUT2D eigenvalue weighted by Gasteiger charge is -2.33. The van der Waals surface area contributed by atoms with Crippen molar-refractivity contribution in [2.45, 2.75) is 39.0 Å². The summed E-state index contributed by atoms with van der Waals surface area (Å²) in [4.78, 5) is 27.5. The predicted molar refractivity (Wildman–Crippen MR) is 135 cm³/mol.